The lowest BCUT2D eigenvalue weighted by molar-refractivity contribution is -0.139. The molecule has 9 heteroatoms. The number of hydrogen-bond acceptors (Lipinski definition) is 3. The predicted octanol–water partition coefficient (Wildman–Crippen LogP) is 8.23. The van der Waals surface area contributed by atoms with E-state index < -0.39 is 6.04 Å². The lowest BCUT2D eigenvalue weighted by atomic mass is 10.0. The van der Waals surface area contributed by atoms with Crippen molar-refractivity contribution < 1.29 is 9.59 Å². The van der Waals surface area contributed by atoms with Crippen LogP contribution in [0.15, 0.2) is 66.7 Å². The van der Waals surface area contributed by atoms with Crippen molar-refractivity contribution in [3.63, 3.8) is 0 Å². The van der Waals surface area contributed by atoms with Crippen molar-refractivity contribution in [2.24, 2.45) is 0 Å². The maximum absolute atomic E-state index is 13.8. The molecule has 2 amide bonds. The van der Waals surface area contributed by atoms with Gasteiger partial charge in [-0.2, -0.15) is 0 Å². The van der Waals surface area contributed by atoms with Gasteiger partial charge in [0.15, 0.2) is 0 Å². The minimum atomic E-state index is -0.685. The first kappa shape index (κ1) is 30.1. The quantitative estimate of drug-likeness (QED) is 0.234. The van der Waals surface area contributed by atoms with Gasteiger partial charge in [0.05, 0.1) is 15.8 Å². The Kier molecular flexibility index (Phi) is 11.3. The lowest BCUT2D eigenvalue weighted by Crippen LogP contribution is -2.52. The first-order chi connectivity index (χ1) is 18.8. The van der Waals surface area contributed by atoms with Gasteiger partial charge < -0.3 is 10.2 Å². The van der Waals surface area contributed by atoms with Gasteiger partial charge in [0, 0.05) is 34.8 Å². The summed E-state index contributed by atoms with van der Waals surface area (Å²) in [4.78, 5) is 29.2. The van der Waals surface area contributed by atoms with Crippen molar-refractivity contribution in [1.29, 1.82) is 0 Å². The molecule has 1 N–H and O–H groups in total. The van der Waals surface area contributed by atoms with Gasteiger partial charge in [-0.3, -0.25) is 9.59 Å². The fourth-order valence-electron chi connectivity index (χ4n) is 4.73. The molecule has 1 fully saturated rings. The molecule has 39 heavy (non-hydrogen) atoms. The zero-order valence-electron chi connectivity index (χ0n) is 21.3. The molecule has 4 nitrogen and oxygen atoms in total. The minimum Gasteiger partial charge on any atom is -0.352 e. The number of carbonyl (C=O) groups excluding carboxylic acids is 2. The maximum Gasteiger partial charge on any atom is 0.243 e. The summed E-state index contributed by atoms with van der Waals surface area (Å²) in [7, 11) is 0. The Bertz CT molecular complexity index is 1290. The average molecular weight is 624 g/mol. The third-order valence-electron chi connectivity index (χ3n) is 6.81. The highest BCUT2D eigenvalue weighted by atomic mass is 35.5. The van der Waals surface area contributed by atoms with Gasteiger partial charge in [0.25, 0.3) is 0 Å². The highest BCUT2D eigenvalue weighted by Crippen LogP contribution is 2.27. The molecule has 0 aliphatic heterocycles. The molecule has 0 aromatic heterocycles. The molecule has 1 aliphatic carbocycles. The summed E-state index contributed by atoms with van der Waals surface area (Å²) in [6.45, 7) is 0.230. The first-order valence-corrected chi connectivity index (χ1v) is 15.6. The monoisotopic (exact) mass is 622 g/mol. The highest BCUT2D eigenvalue weighted by molar-refractivity contribution is 7.99. The van der Waals surface area contributed by atoms with Crippen LogP contribution >= 0.6 is 58.2 Å². The molecule has 1 unspecified atom stereocenters. The number of benzene rings is 3. The van der Waals surface area contributed by atoms with Gasteiger partial charge in [0.2, 0.25) is 11.8 Å². The van der Waals surface area contributed by atoms with E-state index >= 15 is 0 Å². The van der Waals surface area contributed by atoms with E-state index in [9.17, 15) is 9.59 Å². The number of nitrogens with zero attached hydrogens (tertiary/aromatic N) is 1. The van der Waals surface area contributed by atoms with E-state index in [0.717, 1.165) is 42.4 Å². The van der Waals surface area contributed by atoms with Crippen molar-refractivity contribution in [2.75, 3.05) is 5.75 Å². The second-order valence-corrected chi connectivity index (χ2v) is 12.3. The molecule has 1 aliphatic rings. The molecule has 0 saturated heterocycles. The molecule has 3 aromatic rings. The molecule has 0 radical (unpaired) electrons. The van der Waals surface area contributed by atoms with Crippen LogP contribution in [0.25, 0.3) is 0 Å². The zero-order valence-corrected chi connectivity index (χ0v) is 25.2. The summed E-state index contributed by atoms with van der Waals surface area (Å²) in [5.74, 6) is 0.450. The largest absolute Gasteiger partial charge is 0.352 e. The van der Waals surface area contributed by atoms with E-state index in [4.69, 9.17) is 46.4 Å². The molecule has 3 aromatic carbocycles. The number of rotatable bonds is 11. The smallest absolute Gasteiger partial charge is 0.243 e. The summed E-state index contributed by atoms with van der Waals surface area (Å²) < 4.78 is 0. The molecule has 1 atom stereocenters. The van der Waals surface area contributed by atoms with Gasteiger partial charge in [-0.25, -0.2) is 0 Å². The van der Waals surface area contributed by atoms with Crippen molar-refractivity contribution in [3.8, 4) is 0 Å². The fraction of sp³-hybridized carbons (Fsp3) is 0.333. The van der Waals surface area contributed by atoms with Crippen LogP contribution in [-0.2, 0) is 28.3 Å². The van der Waals surface area contributed by atoms with Gasteiger partial charge in [-0.05, 0) is 53.8 Å². The average Bonchev–Trinajstić information content (AvgIpc) is 3.43. The van der Waals surface area contributed by atoms with Crippen molar-refractivity contribution >= 4 is 70.0 Å². The maximum atomic E-state index is 13.8. The number of thioether (sulfide) groups is 1. The Morgan fingerprint density at radius 3 is 2.31 bits per heavy atom. The van der Waals surface area contributed by atoms with Gasteiger partial charge in [0.1, 0.15) is 6.04 Å². The summed E-state index contributed by atoms with van der Waals surface area (Å²) >= 11 is 26.3. The van der Waals surface area contributed by atoms with Crippen LogP contribution in [-0.4, -0.2) is 34.6 Å². The van der Waals surface area contributed by atoms with E-state index in [-0.39, 0.29) is 30.2 Å². The number of carbonyl (C=O) groups is 2. The van der Waals surface area contributed by atoms with E-state index in [2.05, 4.69) is 5.32 Å². The topological polar surface area (TPSA) is 49.4 Å². The first-order valence-electron chi connectivity index (χ1n) is 12.9. The zero-order chi connectivity index (χ0) is 27.8. The second-order valence-electron chi connectivity index (χ2n) is 9.69. The van der Waals surface area contributed by atoms with Crippen LogP contribution < -0.4 is 5.32 Å². The molecular weight excluding hydrogens is 594 g/mol. The third kappa shape index (κ3) is 8.80. The van der Waals surface area contributed by atoms with E-state index in [0.29, 0.717) is 32.3 Å². The molecule has 0 bridgehead atoms. The second kappa shape index (κ2) is 14.7. The van der Waals surface area contributed by atoms with Gasteiger partial charge >= 0.3 is 0 Å². The van der Waals surface area contributed by atoms with E-state index in [1.165, 1.54) is 11.8 Å². The summed E-state index contributed by atoms with van der Waals surface area (Å²) in [5.41, 5.74) is 2.68. The normalized spacial score (nSPS) is 14.3. The van der Waals surface area contributed by atoms with Crippen molar-refractivity contribution in [1.82, 2.24) is 10.2 Å². The fourth-order valence-corrected chi connectivity index (χ4v) is 6.52. The Morgan fingerprint density at radius 2 is 1.62 bits per heavy atom. The van der Waals surface area contributed by atoms with Gasteiger partial charge in [-0.15, -0.1) is 11.8 Å². The van der Waals surface area contributed by atoms with Crippen LogP contribution in [0.4, 0.5) is 0 Å². The van der Waals surface area contributed by atoms with Crippen molar-refractivity contribution in [2.45, 2.75) is 56.5 Å². The Morgan fingerprint density at radius 1 is 0.872 bits per heavy atom. The number of amides is 2. The molecular formula is C30H30Cl4N2O2S. The van der Waals surface area contributed by atoms with Crippen molar-refractivity contribution in [3.05, 3.63) is 104 Å². The molecule has 206 valence electrons. The summed E-state index contributed by atoms with van der Waals surface area (Å²) in [6, 6.07) is 19.9. The number of halogens is 4. The van der Waals surface area contributed by atoms with Gasteiger partial charge in [-0.1, -0.05) is 102 Å². The van der Waals surface area contributed by atoms with Crippen LogP contribution in [0.3, 0.4) is 0 Å². The Labute approximate surface area is 254 Å². The Balaban J connectivity index is 1.58. The van der Waals surface area contributed by atoms with Crippen LogP contribution in [0.5, 0.6) is 0 Å². The number of nitrogens with one attached hydrogen (secondary N) is 1. The summed E-state index contributed by atoms with van der Waals surface area (Å²) in [6.07, 6.45) is 4.53. The van der Waals surface area contributed by atoms with Crippen LogP contribution in [0, 0.1) is 0 Å². The number of hydrogen-bond donors (Lipinski definition) is 1. The Hall–Kier alpha value is -1.89. The van der Waals surface area contributed by atoms with Crippen LogP contribution in [0.1, 0.15) is 42.4 Å². The third-order valence-corrected chi connectivity index (χ3v) is 9.10. The van der Waals surface area contributed by atoms with E-state index in [1.54, 1.807) is 29.2 Å². The summed E-state index contributed by atoms with van der Waals surface area (Å²) in [5, 5.41) is 5.19. The predicted molar refractivity (Wildman–Crippen MR) is 164 cm³/mol. The molecule has 0 heterocycles. The molecule has 0 spiro atoms. The highest BCUT2D eigenvalue weighted by Gasteiger charge is 2.32. The molecule has 1 saturated carbocycles. The van der Waals surface area contributed by atoms with Crippen LogP contribution in [0.2, 0.25) is 20.1 Å². The molecule has 4 rings (SSSR count). The standard InChI is InChI=1S/C30H30Cl4N2O2S/c31-23-12-11-22(26(33)16-23)18-39-19-29(37)36(17-21-10-13-25(32)27(34)14-21)28(15-20-6-2-1-3-7-20)30(38)35-24-8-4-5-9-24/h1-3,6-7,10-14,16,24,28H,4-5,8-9,15,17-19H2,(H,35,38). The SMILES string of the molecule is O=C(NC1CCCC1)C(Cc1ccccc1)N(Cc1ccc(Cl)c(Cl)c1)C(=O)CSCc1ccc(Cl)cc1Cl. The van der Waals surface area contributed by atoms with E-state index in [1.807, 2.05) is 42.5 Å². The minimum absolute atomic E-state index is 0.134. The lowest BCUT2D eigenvalue weighted by Gasteiger charge is -2.32.